The number of aromatic nitrogens is 1. The van der Waals surface area contributed by atoms with Gasteiger partial charge in [0, 0.05) is 23.2 Å². The molecule has 6 nitrogen and oxygen atoms in total. The topological polar surface area (TPSA) is 74.7 Å². The second-order valence-corrected chi connectivity index (χ2v) is 6.89. The van der Waals surface area contributed by atoms with E-state index in [0.717, 1.165) is 34.3 Å². The zero-order valence-corrected chi connectivity index (χ0v) is 14.9. The van der Waals surface area contributed by atoms with E-state index in [2.05, 4.69) is 4.98 Å². The monoisotopic (exact) mass is 351 g/mol. The van der Waals surface area contributed by atoms with Crippen LogP contribution in [-0.4, -0.2) is 22.5 Å². The number of pyridine rings is 1. The fourth-order valence-electron chi connectivity index (χ4n) is 3.24. The molecule has 0 atom stereocenters. The Morgan fingerprint density at radius 2 is 1.65 bits per heavy atom. The molecule has 26 heavy (non-hydrogen) atoms. The molecule has 0 radical (unpaired) electrons. The van der Waals surface area contributed by atoms with E-state index in [1.54, 1.807) is 19.9 Å². The van der Waals surface area contributed by atoms with Gasteiger partial charge in [-0.1, -0.05) is 0 Å². The van der Waals surface area contributed by atoms with E-state index < -0.39 is 17.5 Å². The zero-order chi connectivity index (χ0) is 18.6. The van der Waals surface area contributed by atoms with Gasteiger partial charge in [0.2, 0.25) is 0 Å². The Kier molecular flexibility index (Phi) is 3.41. The number of esters is 2. The van der Waals surface area contributed by atoms with Crippen molar-refractivity contribution in [1.82, 2.24) is 4.98 Å². The minimum atomic E-state index is -0.983. The second-order valence-electron chi connectivity index (χ2n) is 6.89. The van der Waals surface area contributed by atoms with Gasteiger partial charge in [-0.3, -0.25) is 4.98 Å². The van der Waals surface area contributed by atoms with Crippen molar-refractivity contribution in [2.75, 3.05) is 0 Å². The van der Waals surface area contributed by atoms with Gasteiger partial charge in [0.15, 0.2) is 17.1 Å². The van der Waals surface area contributed by atoms with Crippen molar-refractivity contribution in [1.29, 1.82) is 0 Å². The Labute approximate surface area is 150 Å². The van der Waals surface area contributed by atoms with E-state index >= 15 is 0 Å². The molecule has 1 aromatic carbocycles. The molecular weight excluding hydrogens is 334 g/mol. The third-order valence-corrected chi connectivity index (χ3v) is 4.37. The maximum Gasteiger partial charge on any atom is 0.336 e. The molecule has 0 saturated carbocycles. The van der Waals surface area contributed by atoms with Gasteiger partial charge in [0.25, 0.3) is 0 Å². The van der Waals surface area contributed by atoms with Crippen molar-refractivity contribution in [3.63, 3.8) is 0 Å². The molecule has 2 aliphatic rings. The lowest BCUT2D eigenvalue weighted by Crippen LogP contribution is -2.38. The van der Waals surface area contributed by atoms with Gasteiger partial charge < -0.3 is 14.2 Å². The van der Waals surface area contributed by atoms with Gasteiger partial charge >= 0.3 is 11.9 Å². The summed E-state index contributed by atoms with van der Waals surface area (Å²) in [6.45, 7) is 7.42. The van der Waals surface area contributed by atoms with Gasteiger partial charge in [-0.2, -0.15) is 0 Å². The molecule has 3 heterocycles. The minimum absolute atomic E-state index is 0.163. The van der Waals surface area contributed by atoms with Crippen molar-refractivity contribution >= 4 is 28.6 Å². The zero-order valence-electron chi connectivity index (χ0n) is 14.9. The number of rotatable bonds is 0. The summed E-state index contributed by atoms with van der Waals surface area (Å²) in [6, 6.07) is 5.67. The van der Waals surface area contributed by atoms with E-state index in [-0.39, 0.29) is 11.5 Å². The average Bonchev–Trinajstić information content (AvgIpc) is 2.53. The van der Waals surface area contributed by atoms with Crippen molar-refractivity contribution < 1.29 is 23.8 Å². The van der Waals surface area contributed by atoms with Crippen LogP contribution in [0.4, 0.5) is 0 Å². The minimum Gasteiger partial charge on any atom is -0.479 e. The van der Waals surface area contributed by atoms with Crippen LogP contribution in [0.5, 0.6) is 5.75 Å². The molecule has 6 heteroatoms. The molecule has 2 aromatic rings. The summed E-state index contributed by atoms with van der Waals surface area (Å²) in [7, 11) is 0. The maximum absolute atomic E-state index is 12.0. The molecule has 132 valence electrons. The summed E-state index contributed by atoms with van der Waals surface area (Å²) in [5.41, 5.74) is 2.24. The average molecular weight is 351 g/mol. The molecule has 0 unspecified atom stereocenters. The Morgan fingerprint density at radius 3 is 2.38 bits per heavy atom. The predicted molar refractivity (Wildman–Crippen MR) is 94.2 cm³/mol. The summed E-state index contributed by atoms with van der Waals surface area (Å²) in [4.78, 5) is 28.5. The lowest BCUT2D eigenvalue weighted by Gasteiger charge is -2.35. The van der Waals surface area contributed by atoms with E-state index in [0.29, 0.717) is 11.3 Å². The van der Waals surface area contributed by atoms with Crippen molar-refractivity contribution in [2.45, 2.75) is 33.3 Å². The number of hydrogen-bond donors (Lipinski definition) is 0. The summed E-state index contributed by atoms with van der Waals surface area (Å²) in [5, 5.41) is 0.947. The van der Waals surface area contributed by atoms with Crippen molar-refractivity contribution in [3.05, 3.63) is 52.9 Å². The first-order valence-electron chi connectivity index (χ1n) is 8.22. The number of carbonyl (C=O) groups is 2. The van der Waals surface area contributed by atoms with Crippen LogP contribution in [0.15, 0.2) is 36.1 Å². The molecule has 0 spiro atoms. The normalized spacial score (nSPS) is 19.5. The van der Waals surface area contributed by atoms with Crippen molar-refractivity contribution in [3.8, 4) is 5.75 Å². The van der Waals surface area contributed by atoms with Crippen LogP contribution in [0.2, 0.25) is 0 Å². The molecule has 0 aliphatic carbocycles. The first-order valence-corrected chi connectivity index (χ1v) is 8.22. The van der Waals surface area contributed by atoms with E-state index in [1.807, 2.05) is 26.0 Å². The van der Waals surface area contributed by atoms with E-state index in [9.17, 15) is 9.59 Å². The Bertz CT molecular complexity index is 1050. The van der Waals surface area contributed by atoms with Crippen molar-refractivity contribution in [2.24, 2.45) is 0 Å². The number of hydrogen-bond acceptors (Lipinski definition) is 6. The van der Waals surface area contributed by atoms with Crippen LogP contribution in [0.1, 0.15) is 30.7 Å². The molecule has 2 aliphatic heterocycles. The molecule has 0 N–H and O–H groups in total. The van der Waals surface area contributed by atoms with Crippen LogP contribution in [0.25, 0.3) is 16.7 Å². The van der Waals surface area contributed by atoms with Crippen LogP contribution >= 0.6 is 0 Å². The van der Waals surface area contributed by atoms with Crippen LogP contribution in [0.3, 0.4) is 0 Å². The predicted octanol–water partition coefficient (Wildman–Crippen LogP) is 3.35. The van der Waals surface area contributed by atoms with E-state index in [1.165, 1.54) is 0 Å². The third kappa shape index (κ3) is 2.54. The van der Waals surface area contributed by atoms with Crippen LogP contribution < -0.4 is 4.74 Å². The summed E-state index contributed by atoms with van der Waals surface area (Å²) < 4.78 is 17.0. The molecule has 1 aromatic heterocycles. The number of benzene rings is 1. The quantitative estimate of drug-likeness (QED) is 0.678. The molecule has 0 amide bonds. The van der Waals surface area contributed by atoms with Gasteiger partial charge in [-0.25, -0.2) is 9.59 Å². The van der Waals surface area contributed by atoms with Gasteiger partial charge in [0.05, 0.1) is 11.1 Å². The summed E-state index contributed by atoms with van der Waals surface area (Å²) in [5.74, 6) is -0.409. The number of fused-ring (bicyclic) bond motifs is 3. The number of aryl methyl sites for hydroxylation is 2. The maximum atomic E-state index is 12.0. The van der Waals surface area contributed by atoms with Gasteiger partial charge in [-0.05, 0) is 51.5 Å². The molecule has 0 bridgehead atoms. The first-order chi connectivity index (χ1) is 12.2. The molecular formula is C20H17NO5. The highest BCUT2D eigenvalue weighted by atomic mass is 16.6. The SMILES string of the molecule is Cc1cc(C)c2cc3c(cc2n1)C1=C(OC(=O)/C=C\C(=O)O1)C(C)(C)O3. The molecule has 4 rings (SSSR count). The summed E-state index contributed by atoms with van der Waals surface area (Å²) in [6.07, 6.45) is 2.08. The lowest BCUT2D eigenvalue weighted by atomic mass is 9.95. The number of nitrogens with zero attached hydrogens (tertiary/aromatic N) is 1. The molecule has 0 saturated heterocycles. The van der Waals surface area contributed by atoms with Gasteiger partial charge in [-0.15, -0.1) is 0 Å². The first kappa shape index (κ1) is 16.3. The fourth-order valence-corrected chi connectivity index (χ4v) is 3.24. The van der Waals surface area contributed by atoms with Crippen LogP contribution in [-0.2, 0) is 19.1 Å². The summed E-state index contributed by atoms with van der Waals surface area (Å²) >= 11 is 0. The smallest absolute Gasteiger partial charge is 0.336 e. The highest BCUT2D eigenvalue weighted by molar-refractivity contribution is 5.98. The van der Waals surface area contributed by atoms with E-state index in [4.69, 9.17) is 14.2 Å². The Hall–Kier alpha value is -3.15. The fraction of sp³-hybridized carbons (Fsp3) is 0.250. The third-order valence-electron chi connectivity index (χ3n) is 4.37. The van der Waals surface area contributed by atoms with Gasteiger partial charge in [0.1, 0.15) is 5.75 Å². The highest BCUT2D eigenvalue weighted by Gasteiger charge is 2.41. The standard InChI is InChI=1S/C20H17NO5/c1-10-7-11(2)21-14-8-13-15(9-12(10)14)26-20(3,4)19-18(13)24-16(22)5-6-17(23)25-19/h5-9H,1-4H3/b6-5-. The number of carbonyl (C=O) groups excluding carboxylic acids is 2. The Morgan fingerprint density at radius 1 is 0.962 bits per heavy atom. The Balaban J connectivity index is 2.01. The molecule has 0 fully saturated rings. The largest absolute Gasteiger partial charge is 0.479 e. The van der Waals surface area contributed by atoms with Crippen LogP contribution in [0, 0.1) is 13.8 Å². The highest BCUT2D eigenvalue weighted by Crippen LogP contribution is 2.44. The lowest BCUT2D eigenvalue weighted by molar-refractivity contribution is -0.140. The number of ether oxygens (including phenoxy) is 3. The second kappa shape index (κ2) is 5.42.